The fourth-order valence-electron chi connectivity index (χ4n) is 1.62. The lowest BCUT2D eigenvalue weighted by atomic mass is 10.1. The average Bonchev–Trinajstić information content (AvgIpc) is 2.28. The van der Waals surface area contributed by atoms with Gasteiger partial charge in [-0.1, -0.05) is 11.6 Å². The monoisotopic (exact) mass is 256 g/mol. The average molecular weight is 257 g/mol. The van der Waals surface area contributed by atoms with Gasteiger partial charge >= 0.3 is 0 Å². The van der Waals surface area contributed by atoms with Gasteiger partial charge in [0.15, 0.2) is 0 Å². The van der Waals surface area contributed by atoms with Crippen molar-refractivity contribution in [3.8, 4) is 5.75 Å². The van der Waals surface area contributed by atoms with E-state index in [0.717, 1.165) is 41.4 Å². The zero-order valence-corrected chi connectivity index (χ0v) is 11.5. The third kappa shape index (κ3) is 4.44. The van der Waals surface area contributed by atoms with Crippen molar-refractivity contribution in [2.24, 2.45) is 5.73 Å². The molecule has 0 saturated heterocycles. The molecule has 0 fully saturated rings. The lowest BCUT2D eigenvalue weighted by Crippen LogP contribution is -2.16. The highest BCUT2D eigenvalue weighted by molar-refractivity contribution is 6.31. The lowest BCUT2D eigenvalue weighted by molar-refractivity contribution is 0.416. The number of ether oxygens (including phenoxy) is 1. The minimum atomic E-state index is 0.255. The van der Waals surface area contributed by atoms with Crippen LogP contribution in [0.2, 0.25) is 5.02 Å². The van der Waals surface area contributed by atoms with Crippen molar-refractivity contribution in [3.05, 3.63) is 22.7 Å². The molecular formula is C13H21ClN2O. The van der Waals surface area contributed by atoms with Gasteiger partial charge in [0.05, 0.1) is 12.8 Å². The van der Waals surface area contributed by atoms with Gasteiger partial charge in [0, 0.05) is 23.7 Å². The minimum Gasteiger partial charge on any atom is -0.495 e. The van der Waals surface area contributed by atoms with Crippen LogP contribution >= 0.6 is 11.6 Å². The number of aryl methyl sites for hydroxylation is 1. The van der Waals surface area contributed by atoms with Crippen LogP contribution in [0.25, 0.3) is 0 Å². The molecule has 0 aliphatic rings. The van der Waals surface area contributed by atoms with Gasteiger partial charge in [0.25, 0.3) is 0 Å². The van der Waals surface area contributed by atoms with Gasteiger partial charge in [-0.25, -0.2) is 0 Å². The highest BCUT2D eigenvalue weighted by Crippen LogP contribution is 2.30. The first-order valence-corrected chi connectivity index (χ1v) is 6.26. The van der Waals surface area contributed by atoms with Crippen molar-refractivity contribution in [1.29, 1.82) is 0 Å². The predicted octanol–water partition coefficient (Wildman–Crippen LogP) is 3.20. The van der Waals surface area contributed by atoms with Crippen molar-refractivity contribution in [2.45, 2.75) is 32.7 Å². The van der Waals surface area contributed by atoms with Crippen LogP contribution < -0.4 is 15.8 Å². The van der Waals surface area contributed by atoms with Gasteiger partial charge < -0.3 is 15.8 Å². The van der Waals surface area contributed by atoms with Crippen molar-refractivity contribution >= 4 is 17.3 Å². The van der Waals surface area contributed by atoms with E-state index in [1.54, 1.807) is 7.11 Å². The second-order valence-electron chi connectivity index (χ2n) is 4.35. The zero-order chi connectivity index (χ0) is 12.8. The molecule has 1 aromatic carbocycles. The summed E-state index contributed by atoms with van der Waals surface area (Å²) in [4.78, 5) is 0. The number of anilines is 1. The number of nitrogens with one attached hydrogen (secondary N) is 1. The number of halogens is 1. The molecule has 3 nitrogen and oxygen atoms in total. The summed E-state index contributed by atoms with van der Waals surface area (Å²) in [7, 11) is 1.65. The van der Waals surface area contributed by atoms with Crippen LogP contribution in [0.15, 0.2) is 12.1 Å². The molecule has 0 heterocycles. The third-order valence-corrected chi connectivity index (χ3v) is 3.04. The Labute approximate surface area is 108 Å². The molecule has 96 valence electrons. The molecular weight excluding hydrogens is 236 g/mol. The maximum absolute atomic E-state index is 6.04. The van der Waals surface area contributed by atoms with E-state index in [1.165, 1.54) is 0 Å². The van der Waals surface area contributed by atoms with E-state index in [0.29, 0.717) is 0 Å². The van der Waals surface area contributed by atoms with Gasteiger partial charge in [-0.15, -0.1) is 0 Å². The first-order chi connectivity index (χ1) is 8.04. The largest absolute Gasteiger partial charge is 0.495 e. The lowest BCUT2D eigenvalue weighted by Gasteiger charge is -2.13. The molecule has 0 amide bonds. The van der Waals surface area contributed by atoms with Crippen LogP contribution in [0.4, 0.5) is 5.69 Å². The van der Waals surface area contributed by atoms with Crippen LogP contribution in [0, 0.1) is 6.92 Å². The van der Waals surface area contributed by atoms with Gasteiger partial charge in [-0.05, 0) is 38.3 Å². The van der Waals surface area contributed by atoms with Crippen LogP contribution in [0.5, 0.6) is 5.75 Å². The maximum Gasteiger partial charge on any atom is 0.143 e. The number of nitrogens with two attached hydrogens (primary N) is 1. The van der Waals surface area contributed by atoms with E-state index in [-0.39, 0.29) is 6.04 Å². The summed E-state index contributed by atoms with van der Waals surface area (Å²) in [5.41, 5.74) is 7.73. The number of methoxy groups -OCH3 is 1. The Kier molecular flexibility index (Phi) is 5.59. The van der Waals surface area contributed by atoms with E-state index in [2.05, 4.69) is 5.32 Å². The SMILES string of the molecule is COc1cc(Cl)c(C)cc1NCCCC(C)N. The van der Waals surface area contributed by atoms with Crippen LogP contribution in [0.1, 0.15) is 25.3 Å². The molecule has 1 aromatic rings. The predicted molar refractivity (Wildman–Crippen MR) is 74.1 cm³/mol. The summed E-state index contributed by atoms with van der Waals surface area (Å²) < 4.78 is 5.29. The summed E-state index contributed by atoms with van der Waals surface area (Å²) in [5.74, 6) is 0.779. The number of hydrogen-bond acceptors (Lipinski definition) is 3. The van der Waals surface area contributed by atoms with E-state index in [1.807, 2.05) is 26.0 Å². The topological polar surface area (TPSA) is 47.3 Å². The number of hydrogen-bond donors (Lipinski definition) is 2. The summed E-state index contributed by atoms with van der Waals surface area (Å²) in [6.07, 6.45) is 2.06. The number of rotatable bonds is 6. The summed E-state index contributed by atoms with van der Waals surface area (Å²) >= 11 is 6.04. The zero-order valence-electron chi connectivity index (χ0n) is 10.7. The Balaban J connectivity index is 2.60. The highest BCUT2D eigenvalue weighted by Gasteiger charge is 2.06. The van der Waals surface area contributed by atoms with Crippen LogP contribution in [-0.2, 0) is 0 Å². The number of benzene rings is 1. The van der Waals surface area contributed by atoms with Crippen molar-refractivity contribution < 1.29 is 4.74 Å². The quantitative estimate of drug-likeness (QED) is 0.769. The fraction of sp³-hybridized carbons (Fsp3) is 0.538. The van der Waals surface area contributed by atoms with E-state index >= 15 is 0 Å². The van der Waals surface area contributed by atoms with Crippen LogP contribution in [-0.4, -0.2) is 19.7 Å². The highest BCUT2D eigenvalue weighted by atomic mass is 35.5. The Hall–Kier alpha value is -0.930. The maximum atomic E-state index is 6.04. The summed E-state index contributed by atoms with van der Waals surface area (Å²) in [6, 6.07) is 4.10. The standard InChI is InChI=1S/C13H21ClN2O/c1-9-7-12(13(17-3)8-11(9)14)16-6-4-5-10(2)15/h7-8,10,16H,4-6,15H2,1-3H3. The minimum absolute atomic E-state index is 0.255. The molecule has 0 aliphatic heterocycles. The van der Waals surface area contributed by atoms with Gasteiger partial charge in [0.1, 0.15) is 5.75 Å². The van der Waals surface area contributed by atoms with Crippen LogP contribution in [0.3, 0.4) is 0 Å². The second-order valence-corrected chi connectivity index (χ2v) is 4.76. The van der Waals surface area contributed by atoms with Crippen molar-refractivity contribution in [1.82, 2.24) is 0 Å². The molecule has 0 saturated carbocycles. The first-order valence-electron chi connectivity index (χ1n) is 5.88. The second kappa shape index (κ2) is 6.72. The molecule has 0 radical (unpaired) electrons. The molecule has 3 N–H and O–H groups in total. The summed E-state index contributed by atoms with van der Waals surface area (Å²) in [6.45, 7) is 4.89. The Morgan fingerprint density at radius 3 is 2.76 bits per heavy atom. The molecule has 0 bridgehead atoms. The fourth-order valence-corrected chi connectivity index (χ4v) is 1.77. The van der Waals surface area contributed by atoms with Gasteiger partial charge in [0.2, 0.25) is 0 Å². The van der Waals surface area contributed by atoms with Crippen molar-refractivity contribution in [3.63, 3.8) is 0 Å². The normalized spacial score (nSPS) is 12.3. The Morgan fingerprint density at radius 1 is 1.47 bits per heavy atom. The Bertz CT molecular complexity index is 367. The Morgan fingerprint density at radius 2 is 2.18 bits per heavy atom. The smallest absolute Gasteiger partial charge is 0.143 e. The van der Waals surface area contributed by atoms with E-state index in [4.69, 9.17) is 22.1 Å². The summed E-state index contributed by atoms with van der Waals surface area (Å²) in [5, 5.41) is 4.07. The van der Waals surface area contributed by atoms with E-state index < -0.39 is 0 Å². The first kappa shape index (κ1) is 14.1. The molecule has 1 atom stereocenters. The molecule has 0 aliphatic carbocycles. The van der Waals surface area contributed by atoms with Gasteiger partial charge in [-0.3, -0.25) is 0 Å². The van der Waals surface area contributed by atoms with Crippen molar-refractivity contribution in [2.75, 3.05) is 19.0 Å². The molecule has 0 aromatic heterocycles. The molecule has 4 heteroatoms. The van der Waals surface area contributed by atoms with E-state index in [9.17, 15) is 0 Å². The third-order valence-electron chi connectivity index (χ3n) is 2.63. The molecule has 1 unspecified atom stereocenters. The molecule has 0 spiro atoms. The van der Waals surface area contributed by atoms with Gasteiger partial charge in [-0.2, -0.15) is 0 Å². The molecule has 1 rings (SSSR count). The molecule has 17 heavy (non-hydrogen) atoms.